The number of fused-ring (bicyclic) bond motifs is 2. The first-order chi connectivity index (χ1) is 18.0. The molecule has 0 fully saturated rings. The number of methoxy groups -OCH3 is 2. The summed E-state index contributed by atoms with van der Waals surface area (Å²) in [7, 11) is 2.99. The smallest absolute Gasteiger partial charge is 0.405 e. The van der Waals surface area contributed by atoms with E-state index in [9.17, 15) is 19.2 Å². The molecule has 0 aromatic heterocycles. The van der Waals surface area contributed by atoms with Gasteiger partial charge in [-0.3, -0.25) is 14.4 Å². The molecular formula is C29H40N2O7. The zero-order chi connectivity index (χ0) is 28.4. The number of amides is 2. The predicted molar refractivity (Wildman–Crippen MR) is 144 cm³/mol. The van der Waals surface area contributed by atoms with Crippen molar-refractivity contribution in [2.24, 2.45) is 17.6 Å². The van der Waals surface area contributed by atoms with Gasteiger partial charge in [0.2, 0.25) is 11.6 Å². The summed E-state index contributed by atoms with van der Waals surface area (Å²) in [5.41, 5.74) is 6.75. The molecule has 1 aliphatic carbocycles. The Kier molecular flexibility index (Phi) is 11.7. The monoisotopic (exact) mass is 528 g/mol. The van der Waals surface area contributed by atoms with Crippen LogP contribution in [0.15, 0.2) is 58.6 Å². The second kappa shape index (κ2) is 14.5. The summed E-state index contributed by atoms with van der Waals surface area (Å²) in [6, 6.07) is 0. The number of carbonyl (C=O) groups is 4. The number of hydrogen-bond acceptors (Lipinski definition) is 7. The Morgan fingerprint density at radius 2 is 1.89 bits per heavy atom. The lowest BCUT2D eigenvalue weighted by Crippen LogP contribution is -2.33. The molecule has 0 aromatic rings. The highest BCUT2D eigenvalue weighted by Gasteiger charge is 2.31. The molecule has 2 bridgehead atoms. The van der Waals surface area contributed by atoms with Crippen LogP contribution in [0.25, 0.3) is 0 Å². The molecule has 2 amide bonds. The van der Waals surface area contributed by atoms with Gasteiger partial charge in [-0.2, -0.15) is 0 Å². The molecule has 38 heavy (non-hydrogen) atoms. The molecular weight excluding hydrogens is 488 g/mol. The number of nitrogens with one attached hydrogen (secondary N) is 1. The van der Waals surface area contributed by atoms with Crippen LogP contribution in [-0.4, -0.2) is 50.0 Å². The van der Waals surface area contributed by atoms with E-state index in [0.29, 0.717) is 37.7 Å². The minimum atomic E-state index is -0.857. The van der Waals surface area contributed by atoms with Crippen LogP contribution in [0.1, 0.15) is 59.8 Å². The first kappa shape index (κ1) is 30.8. The maximum atomic E-state index is 13.2. The highest BCUT2D eigenvalue weighted by molar-refractivity contribution is 6.23. The molecule has 0 spiro atoms. The first-order valence-electron chi connectivity index (χ1n) is 12.9. The van der Waals surface area contributed by atoms with E-state index >= 15 is 0 Å². The van der Waals surface area contributed by atoms with E-state index in [2.05, 4.69) is 18.3 Å². The molecule has 0 saturated heterocycles. The third-order valence-electron chi connectivity index (χ3n) is 6.83. The Labute approximate surface area is 224 Å². The molecule has 0 radical (unpaired) electrons. The highest BCUT2D eigenvalue weighted by Crippen LogP contribution is 2.27. The summed E-state index contributed by atoms with van der Waals surface area (Å²) in [6.45, 7) is 7.55. The number of allylic oxidation sites excluding steroid dienone is 5. The van der Waals surface area contributed by atoms with Crippen molar-refractivity contribution in [2.45, 2.75) is 72.0 Å². The zero-order valence-corrected chi connectivity index (χ0v) is 23.2. The minimum absolute atomic E-state index is 0.00100. The third-order valence-corrected chi connectivity index (χ3v) is 6.83. The Morgan fingerprint density at radius 1 is 1.18 bits per heavy atom. The van der Waals surface area contributed by atoms with Crippen molar-refractivity contribution in [3.63, 3.8) is 0 Å². The van der Waals surface area contributed by atoms with E-state index in [4.69, 9.17) is 19.9 Å². The van der Waals surface area contributed by atoms with Gasteiger partial charge >= 0.3 is 6.09 Å². The maximum absolute atomic E-state index is 13.2. The van der Waals surface area contributed by atoms with Gasteiger partial charge in [-0.25, -0.2) is 4.79 Å². The van der Waals surface area contributed by atoms with Crippen LogP contribution >= 0.6 is 0 Å². The van der Waals surface area contributed by atoms with E-state index in [1.54, 1.807) is 26.2 Å². The van der Waals surface area contributed by atoms with Gasteiger partial charge in [-0.15, -0.1) is 0 Å². The largest absolute Gasteiger partial charge is 0.492 e. The van der Waals surface area contributed by atoms with Crippen LogP contribution in [0.4, 0.5) is 4.79 Å². The van der Waals surface area contributed by atoms with Gasteiger partial charge < -0.3 is 25.3 Å². The average molecular weight is 529 g/mol. The van der Waals surface area contributed by atoms with Crippen molar-refractivity contribution in [3.05, 3.63) is 58.6 Å². The Bertz CT molecular complexity index is 1080. The molecule has 2 rings (SSSR count). The Morgan fingerprint density at radius 3 is 2.50 bits per heavy atom. The molecule has 9 nitrogen and oxygen atoms in total. The number of hydrogen-bond donors (Lipinski definition) is 2. The summed E-state index contributed by atoms with van der Waals surface area (Å²) in [5, 5.41) is 2.57. The van der Waals surface area contributed by atoms with E-state index < -0.39 is 29.7 Å². The molecule has 3 unspecified atom stereocenters. The second-order valence-corrected chi connectivity index (χ2v) is 9.76. The number of primary amides is 1. The fourth-order valence-electron chi connectivity index (χ4n) is 4.82. The van der Waals surface area contributed by atoms with Crippen LogP contribution in [0.3, 0.4) is 0 Å². The van der Waals surface area contributed by atoms with Crippen molar-refractivity contribution < 1.29 is 33.4 Å². The first-order valence-corrected chi connectivity index (χ1v) is 12.9. The van der Waals surface area contributed by atoms with Gasteiger partial charge in [0.1, 0.15) is 6.10 Å². The highest BCUT2D eigenvalue weighted by atomic mass is 16.6. The van der Waals surface area contributed by atoms with Crippen molar-refractivity contribution >= 4 is 23.6 Å². The van der Waals surface area contributed by atoms with Gasteiger partial charge in [0, 0.05) is 30.2 Å². The molecule has 0 aromatic carbocycles. The van der Waals surface area contributed by atoms with E-state index in [1.165, 1.54) is 7.11 Å². The third kappa shape index (κ3) is 8.28. The van der Waals surface area contributed by atoms with E-state index in [0.717, 1.165) is 11.6 Å². The summed E-state index contributed by atoms with van der Waals surface area (Å²) in [6.07, 6.45) is 9.70. The predicted octanol–water partition coefficient (Wildman–Crippen LogP) is 4.20. The van der Waals surface area contributed by atoms with Gasteiger partial charge in [-0.1, -0.05) is 38.2 Å². The standard InChI is InChI=1S/C29H40N2O7/c1-7-20-11-8-10-18(3)28(34)31-23-16-24(32)27(37-6)22(25(23)33)13-9-12-21(36-5)15-17(2)14-19(4)26(20)38-29(30)35/h8,10-11,14,16-17,20-21,26H,7,9,12-13,15H2,1-6H3,(H2,30,35)(H,31,34)/b11-8-,18-10+,19-14+/t17-,20?,21?,26?/m0/s1. The number of rotatable bonds is 4. The number of carbonyl (C=O) groups excluding carboxylic acids is 4. The number of ketones is 2. The van der Waals surface area contributed by atoms with E-state index in [-0.39, 0.29) is 35.0 Å². The fourth-order valence-corrected chi connectivity index (χ4v) is 4.82. The molecule has 2 aliphatic rings. The van der Waals surface area contributed by atoms with Crippen molar-refractivity contribution in [3.8, 4) is 0 Å². The van der Waals surface area contributed by atoms with E-state index in [1.807, 2.05) is 19.9 Å². The van der Waals surface area contributed by atoms with Gasteiger partial charge in [0.05, 0.1) is 18.9 Å². The van der Waals surface area contributed by atoms with Crippen LogP contribution in [-0.2, 0) is 28.6 Å². The van der Waals surface area contributed by atoms with Crippen LogP contribution < -0.4 is 11.1 Å². The van der Waals surface area contributed by atoms with Crippen LogP contribution in [0, 0.1) is 11.8 Å². The summed E-state index contributed by atoms with van der Waals surface area (Å²) >= 11 is 0. The lowest BCUT2D eigenvalue weighted by atomic mass is 9.89. The van der Waals surface area contributed by atoms with Gasteiger partial charge in [-0.05, 0) is 57.4 Å². The molecule has 9 heteroatoms. The van der Waals surface area contributed by atoms with Gasteiger partial charge in [0.15, 0.2) is 5.76 Å². The lowest BCUT2D eigenvalue weighted by Gasteiger charge is -2.25. The van der Waals surface area contributed by atoms with Crippen LogP contribution in [0.2, 0.25) is 0 Å². The topological polar surface area (TPSA) is 134 Å². The SMILES string of the molecule is CCC1/C=C\C=C(/C)C(=O)NC2=CC(=O)C(OC)=C(CCCC(OC)C[C@@H](C)/C=C(\C)C1OC(N)=O)C2=O. The number of nitrogens with two attached hydrogens (primary N) is 1. The normalized spacial score (nSPS) is 29.8. The molecule has 3 N–H and O–H groups in total. The Balaban J connectivity index is 2.49. The molecule has 1 aliphatic heterocycles. The fraction of sp³-hybridized carbons (Fsp3) is 0.517. The average Bonchev–Trinajstić information content (AvgIpc) is 2.86. The zero-order valence-electron chi connectivity index (χ0n) is 23.2. The summed E-state index contributed by atoms with van der Waals surface area (Å²) < 4.78 is 16.4. The second-order valence-electron chi connectivity index (χ2n) is 9.76. The number of ether oxygens (including phenoxy) is 3. The Hall–Kier alpha value is -3.46. The molecule has 4 atom stereocenters. The maximum Gasteiger partial charge on any atom is 0.405 e. The van der Waals surface area contributed by atoms with Gasteiger partial charge in [0.25, 0.3) is 5.91 Å². The number of Topliss-reactive ketones (excluding diaryl/α,β-unsaturated/α-hetero) is 1. The molecule has 0 saturated carbocycles. The molecule has 1 heterocycles. The summed E-state index contributed by atoms with van der Waals surface area (Å²) in [4.78, 5) is 50.3. The van der Waals surface area contributed by atoms with Crippen molar-refractivity contribution in [1.82, 2.24) is 5.32 Å². The quantitative estimate of drug-likeness (QED) is 0.412. The minimum Gasteiger partial charge on any atom is -0.492 e. The van der Waals surface area contributed by atoms with Crippen LogP contribution in [0.5, 0.6) is 0 Å². The van der Waals surface area contributed by atoms with Crippen molar-refractivity contribution in [2.75, 3.05) is 14.2 Å². The molecule has 208 valence electrons. The lowest BCUT2D eigenvalue weighted by molar-refractivity contribution is -0.120. The summed E-state index contributed by atoms with van der Waals surface area (Å²) in [5.74, 6) is -1.49. The van der Waals surface area contributed by atoms with Crippen molar-refractivity contribution in [1.29, 1.82) is 0 Å².